The molecule has 1 aliphatic rings. The second-order valence-corrected chi connectivity index (χ2v) is 2.12. The summed E-state index contributed by atoms with van der Waals surface area (Å²) in [6, 6.07) is 0. The lowest BCUT2D eigenvalue weighted by Crippen LogP contribution is -2.00. The van der Waals surface area contributed by atoms with Crippen LogP contribution in [0.2, 0.25) is 0 Å². The quantitative estimate of drug-likeness (QED) is 0.567. The van der Waals surface area contributed by atoms with Crippen molar-refractivity contribution < 1.29 is 4.74 Å². The van der Waals surface area contributed by atoms with Crippen LogP contribution in [-0.4, -0.2) is 12.8 Å². The highest BCUT2D eigenvalue weighted by molar-refractivity contribution is 5.99. The highest BCUT2D eigenvalue weighted by atomic mass is 16.5. The molecule has 1 aliphatic heterocycles. The van der Waals surface area contributed by atoms with Gasteiger partial charge in [0.25, 0.3) is 0 Å². The van der Waals surface area contributed by atoms with E-state index in [4.69, 9.17) is 4.74 Å². The molecule has 3 nitrogen and oxygen atoms in total. The van der Waals surface area contributed by atoms with E-state index in [-0.39, 0.29) is 0 Å². The molecule has 55 valence electrons. The molecule has 0 fully saturated rings. The van der Waals surface area contributed by atoms with E-state index >= 15 is 0 Å². The van der Waals surface area contributed by atoms with Gasteiger partial charge >= 0.3 is 0 Å². The summed E-state index contributed by atoms with van der Waals surface area (Å²) >= 11 is 0. The molecule has 3 heteroatoms. The summed E-state index contributed by atoms with van der Waals surface area (Å²) in [4.78, 5) is 0. The maximum Gasteiger partial charge on any atom is 0.165 e. The average molecular weight is 139 g/mol. The molecule has 0 N–H and O–H groups in total. The van der Waals surface area contributed by atoms with E-state index in [0.717, 1.165) is 23.6 Å². The summed E-state index contributed by atoms with van der Waals surface area (Å²) < 4.78 is 5.08. The van der Waals surface area contributed by atoms with Crippen molar-refractivity contribution in [2.45, 2.75) is 20.3 Å². The Bertz CT molecular complexity index is 194. The van der Waals surface area contributed by atoms with Gasteiger partial charge < -0.3 is 4.74 Å². The zero-order valence-corrected chi connectivity index (χ0v) is 6.51. The van der Waals surface area contributed by atoms with Crippen molar-refractivity contribution >= 4 is 5.71 Å². The Morgan fingerprint density at radius 1 is 1.50 bits per heavy atom. The average Bonchev–Trinajstić information content (AvgIpc) is 2.30. The fraction of sp³-hybridized carbons (Fsp3) is 0.571. The van der Waals surface area contributed by atoms with Crippen molar-refractivity contribution in [2.75, 3.05) is 7.11 Å². The molecule has 1 radical (unpaired) electrons. The summed E-state index contributed by atoms with van der Waals surface area (Å²) in [6.45, 7) is 3.93. The molecule has 0 saturated carbocycles. The Hall–Kier alpha value is -0.990. The smallest absolute Gasteiger partial charge is 0.165 e. The van der Waals surface area contributed by atoms with Crippen molar-refractivity contribution in [2.24, 2.45) is 5.10 Å². The summed E-state index contributed by atoms with van der Waals surface area (Å²) in [6.07, 6.45) is 0.879. The lowest BCUT2D eigenvalue weighted by Gasteiger charge is -2.00. The number of rotatable bonds is 2. The fourth-order valence-electron chi connectivity index (χ4n) is 0.932. The zero-order valence-electron chi connectivity index (χ0n) is 6.51. The molecule has 0 atom stereocenters. The Morgan fingerprint density at radius 3 is 2.60 bits per heavy atom. The number of hydrogen-bond acceptors (Lipinski definition) is 2. The lowest BCUT2D eigenvalue weighted by atomic mass is 10.2. The molecule has 0 aromatic carbocycles. The summed E-state index contributed by atoms with van der Waals surface area (Å²) in [5.74, 6) is 0.836. The first-order chi connectivity index (χ1) is 4.79. The van der Waals surface area contributed by atoms with E-state index in [1.807, 2.05) is 13.8 Å². The van der Waals surface area contributed by atoms with Crippen LogP contribution >= 0.6 is 0 Å². The second kappa shape index (κ2) is 2.73. The van der Waals surface area contributed by atoms with Crippen molar-refractivity contribution in [3.8, 4) is 0 Å². The predicted octanol–water partition coefficient (Wildman–Crippen LogP) is 1.25. The van der Waals surface area contributed by atoms with Gasteiger partial charge in [0, 0.05) is 0 Å². The Balaban J connectivity index is 2.79. The number of nitrogens with zero attached hydrogens (tertiary/aromatic N) is 2. The monoisotopic (exact) mass is 139 g/mol. The minimum Gasteiger partial charge on any atom is -0.493 e. The number of ether oxygens (including phenoxy) is 1. The fourth-order valence-corrected chi connectivity index (χ4v) is 0.932. The van der Waals surface area contributed by atoms with E-state index in [1.54, 1.807) is 7.11 Å². The lowest BCUT2D eigenvalue weighted by molar-refractivity contribution is 0.310. The van der Waals surface area contributed by atoms with Gasteiger partial charge in [0.1, 0.15) is 11.4 Å². The van der Waals surface area contributed by atoms with Gasteiger partial charge in [-0.05, 0) is 13.3 Å². The molecule has 0 aromatic rings. The van der Waals surface area contributed by atoms with Crippen molar-refractivity contribution in [1.82, 2.24) is 5.43 Å². The van der Waals surface area contributed by atoms with Gasteiger partial charge in [0.15, 0.2) is 5.76 Å². The third kappa shape index (κ3) is 0.988. The number of allylic oxidation sites excluding steroid dienone is 2. The van der Waals surface area contributed by atoms with E-state index in [0.29, 0.717) is 0 Å². The molecule has 0 amide bonds. The minimum atomic E-state index is 0.836. The van der Waals surface area contributed by atoms with Gasteiger partial charge in [-0.1, -0.05) is 6.92 Å². The van der Waals surface area contributed by atoms with Gasteiger partial charge in [0.05, 0.1) is 7.11 Å². The topological polar surface area (TPSA) is 35.7 Å². The molecule has 0 aliphatic carbocycles. The highest BCUT2D eigenvalue weighted by Gasteiger charge is 2.16. The summed E-state index contributed by atoms with van der Waals surface area (Å²) in [7, 11) is 1.64. The van der Waals surface area contributed by atoms with Crippen LogP contribution in [0.4, 0.5) is 0 Å². The van der Waals surface area contributed by atoms with Crippen molar-refractivity contribution in [3.05, 3.63) is 11.5 Å². The first kappa shape index (κ1) is 7.12. The third-order valence-corrected chi connectivity index (χ3v) is 1.45. The molecular formula is C7H11N2O. The summed E-state index contributed by atoms with van der Waals surface area (Å²) in [5.41, 5.74) is 5.70. The van der Waals surface area contributed by atoms with Crippen LogP contribution in [0, 0.1) is 0 Å². The van der Waals surface area contributed by atoms with E-state index in [2.05, 4.69) is 10.5 Å². The molecule has 0 aromatic heterocycles. The normalized spacial score (nSPS) is 16.9. The number of methoxy groups -OCH3 is 1. The van der Waals surface area contributed by atoms with Crippen LogP contribution < -0.4 is 5.43 Å². The van der Waals surface area contributed by atoms with Crippen LogP contribution in [-0.2, 0) is 4.74 Å². The maximum atomic E-state index is 5.08. The molecule has 0 saturated heterocycles. The standard InChI is InChI=1S/C7H11N2O/c1-4-6-7(10-3)5(2)8-9-6/h4H2,1-3H3. The molecule has 10 heavy (non-hydrogen) atoms. The second-order valence-electron chi connectivity index (χ2n) is 2.12. The van der Waals surface area contributed by atoms with Gasteiger partial charge in [-0.3, -0.25) is 0 Å². The van der Waals surface area contributed by atoms with E-state index < -0.39 is 0 Å². The Kier molecular flexibility index (Phi) is 1.94. The van der Waals surface area contributed by atoms with Gasteiger partial charge in [-0.25, -0.2) is 0 Å². The first-order valence-electron chi connectivity index (χ1n) is 3.32. The Morgan fingerprint density at radius 2 is 2.20 bits per heavy atom. The largest absolute Gasteiger partial charge is 0.493 e. The van der Waals surface area contributed by atoms with Crippen molar-refractivity contribution in [3.63, 3.8) is 0 Å². The van der Waals surface area contributed by atoms with Crippen LogP contribution in [0.25, 0.3) is 0 Å². The van der Waals surface area contributed by atoms with Crippen LogP contribution in [0.1, 0.15) is 20.3 Å². The molecular weight excluding hydrogens is 128 g/mol. The van der Waals surface area contributed by atoms with Crippen LogP contribution in [0.5, 0.6) is 0 Å². The van der Waals surface area contributed by atoms with Crippen LogP contribution in [0.15, 0.2) is 16.6 Å². The van der Waals surface area contributed by atoms with Gasteiger partial charge in [-0.2, -0.15) is 10.5 Å². The molecule has 0 bridgehead atoms. The first-order valence-corrected chi connectivity index (χ1v) is 3.32. The van der Waals surface area contributed by atoms with Crippen LogP contribution in [0.3, 0.4) is 0 Å². The van der Waals surface area contributed by atoms with Gasteiger partial charge in [-0.15, -0.1) is 0 Å². The zero-order chi connectivity index (χ0) is 7.56. The minimum absolute atomic E-state index is 0.836. The van der Waals surface area contributed by atoms with Crippen molar-refractivity contribution in [1.29, 1.82) is 0 Å². The molecule has 1 rings (SSSR count). The highest BCUT2D eigenvalue weighted by Crippen LogP contribution is 2.14. The summed E-state index contributed by atoms with van der Waals surface area (Å²) in [5, 5.41) is 3.93. The molecule has 1 heterocycles. The van der Waals surface area contributed by atoms with E-state index in [9.17, 15) is 0 Å². The maximum absolute atomic E-state index is 5.08. The predicted molar refractivity (Wildman–Crippen MR) is 39.6 cm³/mol. The molecule has 0 unspecified atom stereocenters. The molecule has 0 spiro atoms. The SMILES string of the molecule is CCC1=N[N]C(C)=C1OC. The number of hydrogen-bond donors (Lipinski definition) is 0. The van der Waals surface area contributed by atoms with Gasteiger partial charge in [0.2, 0.25) is 0 Å². The third-order valence-electron chi connectivity index (χ3n) is 1.45. The van der Waals surface area contributed by atoms with E-state index in [1.165, 1.54) is 0 Å². The Labute approximate surface area is 60.8 Å².